The van der Waals surface area contributed by atoms with Gasteiger partial charge < -0.3 is 0 Å². The number of nitrogens with one attached hydrogen (secondary N) is 2. The predicted octanol–water partition coefficient (Wildman–Crippen LogP) is 1.65. The number of rotatable bonds is 5. The molecule has 0 spiro atoms. The molecule has 5 nitrogen and oxygen atoms in total. The molecule has 1 amide bonds. The Morgan fingerprint density at radius 2 is 1.75 bits per heavy atom. The van der Waals surface area contributed by atoms with Crippen molar-refractivity contribution in [3.05, 3.63) is 66.0 Å². The number of carbonyl (C=O) groups excluding carboxylic acids is 2. The van der Waals surface area contributed by atoms with E-state index >= 15 is 0 Å². The van der Waals surface area contributed by atoms with Crippen molar-refractivity contribution in [1.82, 2.24) is 15.8 Å². The van der Waals surface area contributed by atoms with Gasteiger partial charge >= 0.3 is 0 Å². The molecule has 0 aliphatic carbocycles. The van der Waals surface area contributed by atoms with Crippen LogP contribution >= 0.6 is 0 Å². The standard InChI is InChI=1S/C15H15N3O2/c1-11(19)14(12-7-3-2-4-8-12)17-18-15(20)13-9-5-6-10-16-13/h2-10,14,17H,1H3,(H,18,20). The maximum atomic E-state index is 11.9. The SMILES string of the molecule is CC(=O)C(NNC(=O)c1ccccn1)c1ccccc1. The average Bonchev–Trinajstić information content (AvgIpc) is 2.49. The lowest BCUT2D eigenvalue weighted by atomic mass is 10.0. The Kier molecular flexibility index (Phi) is 4.57. The molecule has 2 N–H and O–H groups in total. The molecule has 20 heavy (non-hydrogen) atoms. The number of amides is 1. The first-order valence-electron chi connectivity index (χ1n) is 6.21. The zero-order valence-corrected chi connectivity index (χ0v) is 11.0. The van der Waals surface area contributed by atoms with Crippen LogP contribution in [0.3, 0.4) is 0 Å². The zero-order valence-electron chi connectivity index (χ0n) is 11.0. The van der Waals surface area contributed by atoms with E-state index in [2.05, 4.69) is 15.8 Å². The molecule has 0 bridgehead atoms. The molecule has 0 fully saturated rings. The summed E-state index contributed by atoms with van der Waals surface area (Å²) in [4.78, 5) is 27.5. The number of nitrogens with zero attached hydrogens (tertiary/aromatic N) is 1. The molecule has 1 unspecified atom stereocenters. The topological polar surface area (TPSA) is 71.1 Å². The highest BCUT2D eigenvalue weighted by atomic mass is 16.2. The van der Waals surface area contributed by atoms with Crippen molar-refractivity contribution in [3.8, 4) is 0 Å². The van der Waals surface area contributed by atoms with Crippen molar-refractivity contribution >= 4 is 11.7 Å². The monoisotopic (exact) mass is 269 g/mol. The molecular weight excluding hydrogens is 254 g/mol. The fraction of sp³-hybridized carbons (Fsp3) is 0.133. The average molecular weight is 269 g/mol. The van der Waals surface area contributed by atoms with E-state index in [1.54, 1.807) is 18.2 Å². The highest BCUT2D eigenvalue weighted by Gasteiger charge is 2.17. The molecule has 0 aliphatic rings. The Bertz CT molecular complexity index is 585. The van der Waals surface area contributed by atoms with Gasteiger partial charge in [0, 0.05) is 6.20 Å². The van der Waals surface area contributed by atoms with Crippen molar-refractivity contribution in [2.24, 2.45) is 0 Å². The fourth-order valence-corrected chi connectivity index (χ4v) is 1.76. The van der Waals surface area contributed by atoms with Crippen LogP contribution in [0.2, 0.25) is 0 Å². The number of carbonyl (C=O) groups is 2. The van der Waals surface area contributed by atoms with E-state index in [1.165, 1.54) is 13.1 Å². The minimum Gasteiger partial charge on any atom is -0.298 e. The molecule has 0 aliphatic heterocycles. The fourth-order valence-electron chi connectivity index (χ4n) is 1.76. The first-order valence-corrected chi connectivity index (χ1v) is 6.21. The second-order valence-electron chi connectivity index (χ2n) is 4.27. The van der Waals surface area contributed by atoms with E-state index in [0.717, 1.165) is 5.56 Å². The van der Waals surface area contributed by atoms with Crippen LogP contribution in [-0.4, -0.2) is 16.7 Å². The lowest BCUT2D eigenvalue weighted by Crippen LogP contribution is -2.42. The first-order chi connectivity index (χ1) is 9.68. The maximum Gasteiger partial charge on any atom is 0.283 e. The first kappa shape index (κ1) is 13.9. The summed E-state index contributed by atoms with van der Waals surface area (Å²) in [7, 11) is 0. The van der Waals surface area contributed by atoms with Gasteiger partial charge in [0.2, 0.25) is 0 Å². The second kappa shape index (κ2) is 6.58. The van der Waals surface area contributed by atoms with Gasteiger partial charge in [-0.1, -0.05) is 36.4 Å². The van der Waals surface area contributed by atoms with Gasteiger partial charge in [-0.25, -0.2) is 5.43 Å². The number of hydrazine groups is 1. The number of ketones is 1. The molecule has 1 aromatic carbocycles. The molecule has 102 valence electrons. The van der Waals surface area contributed by atoms with Crippen LogP contribution in [0.1, 0.15) is 29.0 Å². The summed E-state index contributed by atoms with van der Waals surface area (Å²) in [5.74, 6) is -0.467. The number of hydrogen-bond acceptors (Lipinski definition) is 4. The van der Waals surface area contributed by atoms with Crippen LogP contribution in [-0.2, 0) is 4.79 Å². The number of pyridine rings is 1. The van der Waals surface area contributed by atoms with E-state index in [1.807, 2.05) is 30.3 Å². The van der Waals surface area contributed by atoms with Crippen LogP contribution in [0.15, 0.2) is 54.7 Å². The smallest absolute Gasteiger partial charge is 0.283 e. The minimum absolute atomic E-state index is 0.0856. The van der Waals surface area contributed by atoms with Gasteiger partial charge in [0.25, 0.3) is 5.91 Å². The molecule has 2 rings (SSSR count). The molecule has 1 atom stereocenters. The molecule has 5 heteroatoms. The van der Waals surface area contributed by atoms with Crippen LogP contribution in [0.25, 0.3) is 0 Å². The van der Waals surface area contributed by atoms with E-state index < -0.39 is 6.04 Å². The number of hydrogen-bond donors (Lipinski definition) is 2. The van der Waals surface area contributed by atoms with Crippen LogP contribution in [0.4, 0.5) is 0 Å². The highest BCUT2D eigenvalue weighted by Crippen LogP contribution is 2.12. The lowest BCUT2D eigenvalue weighted by Gasteiger charge is -2.16. The minimum atomic E-state index is -0.580. The molecule has 1 aromatic heterocycles. The zero-order chi connectivity index (χ0) is 14.4. The number of benzene rings is 1. The summed E-state index contributed by atoms with van der Waals surface area (Å²) in [5.41, 5.74) is 6.33. The summed E-state index contributed by atoms with van der Waals surface area (Å²) in [6.07, 6.45) is 1.54. The van der Waals surface area contributed by atoms with Gasteiger partial charge in [-0.3, -0.25) is 20.0 Å². The Morgan fingerprint density at radius 1 is 1.05 bits per heavy atom. The summed E-state index contributed by atoms with van der Waals surface area (Å²) in [6, 6.07) is 13.7. The van der Waals surface area contributed by atoms with Crippen molar-refractivity contribution in [2.45, 2.75) is 13.0 Å². The summed E-state index contributed by atoms with van der Waals surface area (Å²) < 4.78 is 0. The van der Waals surface area contributed by atoms with Gasteiger partial charge in [-0.15, -0.1) is 0 Å². The number of Topliss-reactive ketones (excluding diaryl/α,β-unsaturated/α-hetero) is 1. The van der Waals surface area contributed by atoms with Crippen LogP contribution in [0.5, 0.6) is 0 Å². The van der Waals surface area contributed by atoms with Gasteiger partial charge in [-0.2, -0.15) is 0 Å². The van der Waals surface area contributed by atoms with Crippen molar-refractivity contribution < 1.29 is 9.59 Å². The Balaban J connectivity index is 2.04. The predicted molar refractivity (Wildman–Crippen MR) is 74.7 cm³/mol. The third kappa shape index (κ3) is 3.49. The van der Waals surface area contributed by atoms with Gasteiger partial charge in [-0.05, 0) is 24.6 Å². The highest BCUT2D eigenvalue weighted by molar-refractivity contribution is 5.92. The quantitative estimate of drug-likeness (QED) is 0.810. The van der Waals surface area contributed by atoms with Crippen molar-refractivity contribution in [2.75, 3.05) is 0 Å². The third-order valence-corrected chi connectivity index (χ3v) is 2.77. The number of aromatic nitrogens is 1. The van der Waals surface area contributed by atoms with Crippen LogP contribution in [0, 0.1) is 0 Å². The van der Waals surface area contributed by atoms with Gasteiger partial charge in [0.1, 0.15) is 11.7 Å². The normalized spacial score (nSPS) is 11.7. The van der Waals surface area contributed by atoms with Gasteiger partial charge in [0.05, 0.1) is 0 Å². The Labute approximate surface area is 117 Å². The van der Waals surface area contributed by atoms with Crippen molar-refractivity contribution in [3.63, 3.8) is 0 Å². The molecule has 2 aromatic rings. The Hall–Kier alpha value is -2.53. The van der Waals surface area contributed by atoms with E-state index in [-0.39, 0.29) is 17.4 Å². The van der Waals surface area contributed by atoms with Crippen LogP contribution < -0.4 is 10.9 Å². The third-order valence-electron chi connectivity index (χ3n) is 2.77. The van der Waals surface area contributed by atoms with E-state index in [0.29, 0.717) is 0 Å². The summed E-state index contributed by atoms with van der Waals surface area (Å²) in [6.45, 7) is 1.47. The summed E-state index contributed by atoms with van der Waals surface area (Å²) in [5, 5.41) is 0. The maximum absolute atomic E-state index is 11.9. The molecule has 0 saturated heterocycles. The van der Waals surface area contributed by atoms with Crippen molar-refractivity contribution in [1.29, 1.82) is 0 Å². The lowest BCUT2D eigenvalue weighted by molar-refractivity contribution is -0.119. The largest absolute Gasteiger partial charge is 0.298 e. The summed E-state index contributed by atoms with van der Waals surface area (Å²) >= 11 is 0. The molecule has 0 radical (unpaired) electrons. The second-order valence-corrected chi connectivity index (χ2v) is 4.27. The van der Waals surface area contributed by atoms with Gasteiger partial charge in [0.15, 0.2) is 5.78 Å². The molecular formula is C15H15N3O2. The van der Waals surface area contributed by atoms with E-state index in [4.69, 9.17) is 0 Å². The molecule has 1 heterocycles. The van der Waals surface area contributed by atoms with E-state index in [9.17, 15) is 9.59 Å². The molecule has 0 saturated carbocycles. The Morgan fingerprint density at radius 3 is 2.35 bits per heavy atom.